The summed E-state index contributed by atoms with van der Waals surface area (Å²) in [4.78, 5) is 19.9. The highest BCUT2D eigenvalue weighted by molar-refractivity contribution is 5.86. The zero-order valence-electron chi connectivity index (χ0n) is 15.3. The molecule has 0 fully saturated rings. The van der Waals surface area contributed by atoms with E-state index < -0.39 is 28.4 Å². The summed E-state index contributed by atoms with van der Waals surface area (Å²) < 4.78 is 42.5. The number of nitrogens with one attached hydrogen (secondary N) is 1. The Morgan fingerprint density at radius 3 is 2.20 bits per heavy atom. The largest absolute Gasteiger partial charge is 0.416 e. The minimum Gasteiger partial charge on any atom is -0.361 e. The second kappa shape index (κ2) is 7.37. The number of hydrogen-bond acceptors (Lipinski definition) is 3. The molecule has 0 atom stereocenters. The number of alkyl halides is 3. The zero-order chi connectivity index (χ0) is 21.3. The summed E-state index contributed by atoms with van der Waals surface area (Å²) in [6, 6.07) is 19.2. The lowest BCUT2D eigenvalue weighted by atomic mass is 10.1. The van der Waals surface area contributed by atoms with Gasteiger partial charge in [0.25, 0.3) is 5.82 Å². The maximum absolute atomic E-state index is 13.7. The van der Waals surface area contributed by atoms with Crippen LogP contribution in [0.4, 0.5) is 30.5 Å². The Kier molecular flexibility index (Phi) is 4.72. The van der Waals surface area contributed by atoms with Crippen molar-refractivity contribution in [2.45, 2.75) is 6.18 Å². The fraction of sp³-hybridized carbons (Fsp3) is 0.0455. The van der Waals surface area contributed by atoms with E-state index in [2.05, 4.69) is 15.1 Å². The number of benzene rings is 2. The molecule has 0 spiro atoms. The summed E-state index contributed by atoms with van der Waals surface area (Å²) in [7, 11) is 0. The molecule has 0 saturated carbocycles. The highest BCUT2D eigenvalue weighted by atomic mass is 19.4. The van der Waals surface area contributed by atoms with Crippen molar-refractivity contribution in [1.29, 1.82) is 0 Å². The van der Waals surface area contributed by atoms with E-state index in [1.807, 2.05) is 6.07 Å². The number of rotatable bonds is 3. The fourth-order valence-corrected chi connectivity index (χ4v) is 3.18. The second-order valence-electron chi connectivity index (χ2n) is 6.39. The van der Waals surface area contributed by atoms with Gasteiger partial charge in [0.1, 0.15) is 11.2 Å². The van der Waals surface area contributed by atoms with Gasteiger partial charge >= 0.3 is 6.18 Å². The first-order valence-corrected chi connectivity index (χ1v) is 8.81. The minimum absolute atomic E-state index is 0.229. The number of pyridine rings is 2. The molecule has 0 bridgehead atoms. The standard InChI is InChI=1S/C22H13F3N4O/c1-26-18-12-16(22(23,24)25)20-17(30)13-19(27-14-8-4-2-5-9-14)29(21(20)28-18)15-10-6-3-7-11-15/h2-13,27H. The molecule has 0 saturated heterocycles. The van der Waals surface area contributed by atoms with Crippen LogP contribution in [-0.4, -0.2) is 9.55 Å². The third-order valence-corrected chi connectivity index (χ3v) is 4.43. The number of aromatic nitrogens is 2. The number of hydrogen-bond donors (Lipinski definition) is 1. The molecule has 8 heteroatoms. The van der Waals surface area contributed by atoms with Crippen molar-refractivity contribution >= 4 is 28.4 Å². The maximum Gasteiger partial charge on any atom is 0.416 e. The van der Waals surface area contributed by atoms with Crippen LogP contribution in [0.15, 0.2) is 77.6 Å². The summed E-state index contributed by atoms with van der Waals surface area (Å²) in [5, 5.41) is 2.48. The number of nitrogens with zero attached hydrogens (tertiary/aromatic N) is 3. The quantitative estimate of drug-likeness (QED) is 0.444. The Morgan fingerprint density at radius 2 is 1.60 bits per heavy atom. The van der Waals surface area contributed by atoms with Crippen molar-refractivity contribution in [2.75, 3.05) is 5.32 Å². The average Bonchev–Trinajstić information content (AvgIpc) is 2.73. The van der Waals surface area contributed by atoms with Crippen molar-refractivity contribution in [2.24, 2.45) is 0 Å². The van der Waals surface area contributed by atoms with Gasteiger partial charge in [-0.15, -0.1) is 4.98 Å². The molecule has 0 radical (unpaired) electrons. The molecule has 4 rings (SSSR count). The summed E-state index contributed by atoms with van der Waals surface area (Å²) in [5.74, 6) is -0.219. The van der Waals surface area contributed by atoms with Gasteiger partial charge in [-0.25, -0.2) is 0 Å². The molecule has 2 heterocycles. The average molecular weight is 406 g/mol. The molecule has 0 aliphatic rings. The first kappa shape index (κ1) is 19.2. The van der Waals surface area contributed by atoms with Crippen molar-refractivity contribution in [3.63, 3.8) is 0 Å². The number of anilines is 2. The normalized spacial score (nSPS) is 11.3. The smallest absolute Gasteiger partial charge is 0.361 e. The van der Waals surface area contributed by atoms with E-state index in [0.717, 1.165) is 6.07 Å². The van der Waals surface area contributed by atoms with Gasteiger partial charge in [-0.3, -0.25) is 9.36 Å². The van der Waals surface area contributed by atoms with Crippen LogP contribution < -0.4 is 10.7 Å². The molecule has 2 aromatic heterocycles. The summed E-state index contributed by atoms with van der Waals surface area (Å²) in [6.07, 6.45) is -4.82. The molecule has 0 amide bonds. The van der Waals surface area contributed by atoms with Gasteiger partial charge in [-0.05, 0) is 30.3 Å². The van der Waals surface area contributed by atoms with Crippen LogP contribution in [0.25, 0.3) is 21.6 Å². The molecule has 0 aliphatic heterocycles. The highest BCUT2D eigenvalue weighted by Crippen LogP contribution is 2.36. The van der Waals surface area contributed by atoms with Gasteiger partial charge in [0.2, 0.25) is 5.65 Å². The zero-order valence-corrected chi connectivity index (χ0v) is 15.3. The first-order chi connectivity index (χ1) is 14.4. The van der Waals surface area contributed by atoms with Crippen molar-refractivity contribution in [1.82, 2.24) is 9.55 Å². The van der Waals surface area contributed by atoms with E-state index >= 15 is 0 Å². The highest BCUT2D eigenvalue weighted by Gasteiger charge is 2.36. The molecule has 4 aromatic rings. The SMILES string of the molecule is [C-]#[N+]c1cc(C(F)(F)F)c2c(=O)cc(Nc3ccccc3)n(-c3ccccc3)c2n1. The Hall–Kier alpha value is -4.12. The van der Waals surface area contributed by atoms with Crippen LogP contribution in [0.2, 0.25) is 0 Å². The lowest BCUT2D eigenvalue weighted by Gasteiger charge is -2.18. The van der Waals surface area contributed by atoms with Crippen LogP contribution >= 0.6 is 0 Å². The Morgan fingerprint density at radius 1 is 0.967 bits per heavy atom. The summed E-state index contributed by atoms with van der Waals surface area (Å²) in [5.41, 5.74) is -1.14. The third kappa shape index (κ3) is 3.49. The van der Waals surface area contributed by atoms with E-state index in [0.29, 0.717) is 17.4 Å². The van der Waals surface area contributed by atoms with E-state index in [1.165, 1.54) is 4.57 Å². The van der Waals surface area contributed by atoms with Crippen molar-refractivity contribution in [3.05, 3.63) is 100 Å². The third-order valence-electron chi connectivity index (χ3n) is 4.43. The first-order valence-electron chi connectivity index (χ1n) is 8.81. The van der Waals surface area contributed by atoms with Gasteiger partial charge in [0.15, 0.2) is 5.43 Å². The summed E-state index contributed by atoms with van der Waals surface area (Å²) >= 11 is 0. The monoisotopic (exact) mass is 406 g/mol. The lowest BCUT2D eigenvalue weighted by molar-refractivity contribution is -0.136. The molecular weight excluding hydrogens is 393 g/mol. The van der Waals surface area contributed by atoms with Gasteiger partial charge in [-0.1, -0.05) is 43.0 Å². The van der Waals surface area contributed by atoms with Crippen LogP contribution in [0.3, 0.4) is 0 Å². The number of halogens is 3. The number of para-hydroxylation sites is 2. The molecule has 5 nitrogen and oxygen atoms in total. The molecular formula is C22H13F3N4O. The Balaban J connectivity index is 2.13. The van der Waals surface area contributed by atoms with Gasteiger partial charge in [0.05, 0.1) is 11.3 Å². The molecule has 0 aliphatic carbocycles. The minimum atomic E-state index is -4.82. The van der Waals surface area contributed by atoms with Gasteiger partial charge in [0, 0.05) is 11.8 Å². The van der Waals surface area contributed by atoms with Crippen LogP contribution in [0.1, 0.15) is 5.56 Å². The predicted molar refractivity (Wildman–Crippen MR) is 108 cm³/mol. The maximum atomic E-state index is 13.7. The second-order valence-corrected chi connectivity index (χ2v) is 6.39. The Labute approximate surface area is 168 Å². The topological polar surface area (TPSA) is 51.3 Å². The van der Waals surface area contributed by atoms with Gasteiger partial charge in [-0.2, -0.15) is 13.2 Å². The van der Waals surface area contributed by atoms with E-state index in [4.69, 9.17) is 6.57 Å². The molecule has 1 N–H and O–H groups in total. The molecule has 0 unspecified atom stereocenters. The Bertz CT molecular complexity index is 1320. The van der Waals surface area contributed by atoms with E-state index in [9.17, 15) is 18.0 Å². The van der Waals surface area contributed by atoms with Crippen LogP contribution in [-0.2, 0) is 6.18 Å². The van der Waals surface area contributed by atoms with E-state index in [1.54, 1.807) is 54.6 Å². The fourth-order valence-electron chi connectivity index (χ4n) is 3.18. The van der Waals surface area contributed by atoms with Crippen LogP contribution in [0, 0.1) is 6.57 Å². The molecule has 2 aromatic carbocycles. The molecule has 148 valence electrons. The molecule has 30 heavy (non-hydrogen) atoms. The lowest BCUT2D eigenvalue weighted by Crippen LogP contribution is -2.18. The van der Waals surface area contributed by atoms with E-state index in [-0.39, 0.29) is 11.5 Å². The van der Waals surface area contributed by atoms with Crippen molar-refractivity contribution < 1.29 is 13.2 Å². The van der Waals surface area contributed by atoms with Crippen molar-refractivity contribution in [3.8, 4) is 5.69 Å². The summed E-state index contributed by atoms with van der Waals surface area (Å²) in [6.45, 7) is 7.17. The van der Waals surface area contributed by atoms with Crippen LogP contribution in [0.5, 0.6) is 0 Å². The number of fused-ring (bicyclic) bond motifs is 1. The van der Waals surface area contributed by atoms with Gasteiger partial charge < -0.3 is 10.2 Å². The predicted octanol–water partition coefficient (Wildman–Crippen LogP) is 5.70.